The minimum absolute atomic E-state index is 0.0169. The van der Waals surface area contributed by atoms with Gasteiger partial charge in [0.15, 0.2) is 5.76 Å². The Morgan fingerprint density at radius 1 is 1.35 bits per heavy atom. The fourth-order valence-electron chi connectivity index (χ4n) is 2.89. The van der Waals surface area contributed by atoms with E-state index in [4.69, 9.17) is 9.56 Å². The lowest BCUT2D eigenvalue weighted by Gasteiger charge is -2.33. The van der Waals surface area contributed by atoms with E-state index < -0.39 is 27.3 Å². The predicted octanol–water partition coefficient (Wildman–Crippen LogP) is 1.00. The van der Waals surface area contributed by atoms with Crippen LogP contribution in [0.2, 0.25) is 0 Å². The number of amides is 1. The molecule has 0 aromatic carbocycles. The maximum Gasteiger partial charge on any atom is 0.311 e. The first-order chi connectivity index (χ1) is 10.7. The minimum atomic E-state index is -3.97. The van der Waals surface area contributed by atoms with Crippen LogP contribution >= 0.6 is 0 Å². The SMILES string of the molecule is Cc1oc(C(=O)NCC2(C(=O)O)CCCCC2)cc1S(N)(=O)=O. The normalized spacial score (nSPS) is 17.7. The van der Waals surface area contributed by atoms with Gasteiger partial charge in [-0.2, -0.15) is 0 Å². The van der Waals surface area contributed by atoms with E-state index in [1.165, 1.54) is 6.92 Å². The summed E-state index contributed by atoms with van der Waals surface area (Å²) in [5.74, 6) is -1.78. The molecule has 0 aliphatic heterocycles. The van der Waals surface area contributed by atoms with Gasteiger partial charge in [-0.3, -0.25) is 9.59 Å². The largest absolute Gasteiger partial charge is 0.481 e. The smallest absolute Gasteiger partial charge is 0.311 e. The van der Waals surface area contributed by atoms with Crippen molar-refractivity contribution in [1.82, 2.24) is 5.32 Å². The summed E-state index contributed by atoms with van der Waals surface area (Å²) in [5.41, 5.74) is -0.974. The molecule has 0 radical (unpaired) electrons. The summed E-state index contributed by atoms with van der Waals surface area (Å²) >= 11 is 0. The lowest BCUT2D eigenvalue weighted by molar-refractivity contribution is -0.150. The van der Waals surface area contributed by atoms with Crippen LogP contribution in [0.5, 0.6) is 0 Å². The monoisotopic (exact) mass is 344 g/mol. The molecule has 4 N–H and O–H groups in total. The van der Waals surface area contributed by atoms with E-state index in [1.54, 1.807) is 0 Å². The van der Waals surface area contributed by atoms with Gasteiger partial charge in [-0.15, -0.1) is 0 Å². The van der Waals surface area contributed by atoms with Crippen molar-refractivity contribution in [2.75, 3.05) is 6.54 Å². The van der Waals surface area contributed by atoms with Crippen LogP contribution in [0, 0.1) is 12.3 Å². The molecule has 1 aliphatic carbocycles. The number of primary sulfonamides is 1. The number of hydrogen-bond donors (Lipinski definition) is 3. The van der Waals surface area contributed by atoms with Crippen LogP contribution in [-0.2, 0) is 14.8 Å². The fraction of sp³-hybridized carbons (Fsp3) is 0.571. The fourth-order valence-corrected chi connectivity index (χ4v) is 3.60. The summed E-state index contributed by atoms with van der Waals surface area (Å²) in [6.07, 6.45) is 3.59. The second-order valence-corrected chi connectivity index (χ2v) is 7.43. The van der Waals surface area contributed by atoms with Crippen LogP contribution in [0.25, 0.3) is 0 Å². The molecule has 128 valence electrons. The van der Waals surface area contributed by atoms with Crippen molar-refractivity contribution >= 4 is 21.9 Å². The number of carbonyl (C=O) groups is 2. The molecule has 0 atom stereocenters. The predicted molar refractivity (Wildman–Crippen MR) is 80.3 cm³/mol. The minimum Gasteiger partial charge on any atom is -0.481 e. The molecule has 9 heteroatoms. The highest BCUT2D eigenvalue weighted by molar-refractivity contribution is 7.89. The molecular formula is C14H20N2O6S. The third kappa shape index (κ3) is 3.73. The Kier molecular flexibility index (Phi) is 4.81. The summed E-state index contributed by atoms with van der Waals surface area (Å²) in [5, 5.41) is 17.0. The van der Waals surface area contributed by atoms with E-state index >= 15 is 0 Å². The van der Waals surface area contributed by atoms with Crippen molar-refractivity contribution in [1.29, 1.82) is 0 Å². The zero-order valence-electron chi connectivity index (χ0n) is 12.8. The van der Waals surface area contributed by atoms with Crippen LogP contribution in [0.15, 0.2) is 15.4 Å². The molecule has 1 aromatic heterocycles. The van der Waals surface area contributed by atoms with Crippen LogP contribution in [0.4, 0.5) is 0 Å². The molecular weight excluding hydrogens is 324 g/mol. The number of rotatable bonds is 5. The van der Waals surface area contributed by atoms with E-state index in [1.807, 2.05) is 0 Å². The number of hydrogen-bond acceptors (Lipinski definition) is 5. The zero-order valence-corrected chi connectivity index (χ0v) is 13.6. The molecule has 1 aliphatic rings. The molecule has 8 nitrogen and oxygen atoms in total. The highest BCUT2D eigenvalue weighted by Gasteiger charge is 2.40. The summed E-state index contributed by atoms with van der Waals surface area (Å²) in [6.45, 7) is 1.36. The Morgan fingerprint density at radius 3 is 2.43 bits per heavy atom. The Hall–Kier alpha value is -1.87. The first-order valence-electron chi connectivity index (χ1n) is 7.30. The topological polar surface area (TPSA) is 140 Å². The van der Waals surface area contributed by atoms with Gasteiger partial charge in [0.05, 0.1) is 5.41 Å². The van der Waals surface area contributed by atoms with Crippen molar-refractivity contribution in [2.45, 2.75) is 43.9 Å². The van der Waals surface area contributed by atoms with Crippen molar-refractivity contribution in [3.8, 4) is 0 Å². The van der Waals surface area contributed by atoms with Crippen molar-refractivity contribution < 1.29 is 27.5 Å². The number of nitrogens with one attached hydrogen (secondary N) is 1. The maximum absolute atomic E-state index is 12.1. The van der Waals surface area contributed by atoms with Crippen molar-refractivity contribution in [3.05, 3.63) is 17.6 Å². The molecule has 1 fully saturated rings. The van der Waals surface area contributed by atoms with Gasteiger partial charge < -0.3 is 14.8 Å². The zero-order chi connectivity index (χ0) is 17.3. The molecule has 0 saturated heterocycles. The van der Waals surface area contributed by atoms with Crippen LogP contribution < -0.4 is 10.5 Å². The number of aryl methyl sites for hydroxylation is 1. The molecule has 0 bridgehead atoms. The number of aliphatic carboxylic acids is 1. The van der Waals surface area contributed by atoms with Gasteiger partial charge in [-0.25, -0.2) is 13.6 Å². The third-order valence-electron chi connectivity index (χ3n) is 4.25. The number of furan rings is 1. The Morgan fingerprint density at radius 2 is 1.96 bits per heavy atom. The van der Waals surface area contributed by atoms with E-state index in [9.17, 15) is 23.1 Å². The van der Waals surface area contributed by atoms with Crippen LogP contribution in [0.3, 0.4) is 0 Å². The quantitative estimate of drug-likeness (QED) is 0.728. The summed E-state index contributed by atoms with van der Waals surface area (Å²) in [6, 6.07) is 1.05. The summed E-state index contributed by atoms with van der Waals surface area (Å²) < 4.78 is 27.8. The molecule has 0 spiro atoms. The van der Waals surface area contributed by atoms with Crippen molar-refractivity contribution in [2.24, 2.45) is 10.6 Å². The number of nitrogens with two attached hydrogens (primary N) is 1. The molecule has 1 saturated carbocycles. The van der Waals surface area contributed by atoms with E-state index in [0.29, 0.717) is 12.8 Å². The van der Waals surface area contributed by atoms with Crippen LogP contribution in [-0.4, -0.2) is 31.9 Å². The molecule has 1 aromatic rings. The van der Waals surface area contributed by atoms with Gasteiger partial charge in [0.2, 0.25) is 10.0 Å². The van der Waals surface area contributed by atoms with Gasteiger partial charge in [0.1, 0.15) is 10.7 Å². The van der Waals surface area contributed by atoms with Crippen molar-refractivity contribution in [3.63, 3.8) is 0 Å². The Balaban J connectivity index is 2.12. The number of carboxylic acid groups (broad SMARTS) is 1. The number of carbonyl (C=O) groups excluding carboxylic acids is 1. The second kappa shape index (κ2) is 6.32. The highest BCUT2D eigenvalue weighted by Crippen LogP contribution is 2.36. The average Bonchev–Trinajstić information content (AvgIpc) is 2.88. The molecule has 2 rings (SSSR count). The lowest BCUT2D eigenvalue weighted by Crippen LogP contribution is -2.44. The second-order valence-electron chi connectivity index (χ2n) is 5.90. The van der Waals surface area contributed by atoms with Gasteiger partial charge in [0, 0.05) is 12.6 Å². The van der Waals surface area contributed by atoms with E-state index in [2.05, 4.69) is 5.32 Å². The summed E-state index contributed by atoms with van der Waals surface area (Å²) in [7, 11) is -3.97. The first kappa shape index (κ1) is 17.5. The molecule has 1 amide bonds. The maximum atomic E-state index is 12.1. The Bertz CT molecular complexity index is 716. The van der Waals surface area contributed by atoms with Gasteiger partial charge in [-0.1, -0.05) is 19.3 Å². The first-order valence-corrected chi connectivity index (χ1v) is 8.85. The molecule has 1 heterocycles. The standard InChI is InChI=1S/C14H20N2O6S/c1-9-11(23(15,20)21)7-10(22-9)12(17)16-8-14(13(18)19)5-3-2-4-6-14/h7H,2-6,8H2,1H3,(H,16,17)(H,18,19)(H2,15,20,21). The van der Waals surface area contributed by atoms with Crippen LogP contribution in [0.1, 0.15) is 48.4 Å². The molecule has 23 heavy (non-hydrogen) atoms. The summed E-state index contributed by atoms with van der Waals surface area (Å²) in [4.78, 5) is 23.4. The highest BCUT2D eigenvalue weighted by atomic mass is 32.2. The number of carboxylic acids is 1. The Labute approximate surface area is 134 Å². The van der Waals surface area contributed by atoms with E-state index in [-0.39, 0.29) is 23.0 Å². The van der Waals surface area contributed by atoms with Gasteiger partial charge >= 0.3 is 5.97 Å². The number of sulfonamides is 1. The lowest BCUT2D eigenvalue weighted by atomic mass is 9.74. The van der Waals surface area contributed by atoms with E-state index in [0.717, 1.165) is 25.3 Å². The van der Waals surface area contributed by atoms with Gasteiger partial charge in [-0.05, 0) is 19.8 Å². The van der Waals surface area contributed by atoms with Gasteiger partial charge in [0.25, 0.3) is 5.91 Å². The molecule has 0 unspecified atom stereocenters. The average molecular weight is 344 g/mol. The third-order valence-corrected chi connectivity index (χ3v) is 5.27.